The lowest BCUT2D eigenvalue weighted by atomic mass is 10.1. The predicted molar refractivity (Wildman–Crippen MR) is 86.9 cm³/mol. The molecule has 2 amide bonds. The Kier molecular flexibility index (Phi) is 4.66. The fourth-order valence-electron chi connectivity index (χ4n) is 2.74. The zero-order chi connectivity index (χ0) is 16.2. The van der Waals surface area contributed by atoms with Gasteiger partial charge in [-0.1, -0.05) is 6.07 Å². The summed E-state index contributed by atoms with van der Waals surface area (Å²) in [5.41, 5.74) is 1.49. The molecule has 0 bridgehead atoms. The number of likely N-dealkylation sites (tertiary alicyclic amines) is 1. The molecule has 0 aromatic carbocycles. The molecule has 1 fully saturated rings. The Morgan fingerprint density at radius 2 is 2.30 bits per heavy atom. The summed E-state index contributed by atoms with van der Waals surface area (Å²) in [5, 5.41) is 4.62. The van der Waals surface area contributed by atoms with E-state index in [1.165, 1.54) is 18.3 Å². The molecule has 1 atom stereocenters. The summed E-state index contributed by atoms with van der Waals surface area (Å²) in [6, 6.07) is 3.69. The second-order valence-corrected chi connectivity index (χ2v) is 6.43. The van der Waals surface area contributed by atoms with E-state index in [4.69, 9.17) is 0 Å². The van der Waals surface area contributed by atoms with Crippen LogP contribution in [0.2, 0.25) is 0 Å². The van der Waals surface area contributed by atoms with Crippen molar-refractivity contribution in [1.82, 2.24) is 20.2 Å². The van der Waals surface area contributed by atoms with E-state index in [0.717, 1.165) is 30.0 Å². The van der Waals surface area contributed by atoms with Crippen molar-refractivity contribution in [3.63, 3.8) is 0 Å². The van der Waals surface area contributed by atoms with Crippen molar-refractivity contribution in [2.24, 2.45) is 0 Å². The molecular formula is C16H18N4O2S. The molecular weight excluding hydrogens is 312 g/mol. The van der Waals surface area contributed by atoms with Gasteiger partial charge in [-0.15, -0.1) is 11.3 Å². The van der Waals surface area contributed by atoms with Gasteiger partial charge in [0.2, 0.25) is 5.91 Å². The van der Waals surface area contributed by atoms with Crippen molar-refractivity contribution in [3.05, 3.63) is 46.2 Å². The maximum atomic E-state index is 12.6. The maximum Gasteiger partial charge on any atom is 0.264 e. The molecule has 1 aliphatic rings. The number of amides is 2. The van der Waals surface area contributed by atoms with Gasteiger partial charge in [0.05, 0.1) is 41.2 Å². The van der Waals surface area contributed by atoms with E-state index in [0.29, 0.717) is 12.2 Å². The van der Waals surface area contributed by atoms with Gasteiger partial charge in [-0.3, -0.25) is 19.6 Å². The Morgan fingerprint density at radius 1 is 1.43 bits per heavy atom. The summed E-state index contributed by atoms with van der Waals surface area (Å²) in [7, 11) is 0. The number of carbonyl (C=O) groups is 2. The fourth-order valence-corrected chi connectivity index (χ4v) is 3.42. The van der Waals surface area contributed by atoms with Crippen LogP contribution in [0.1, 0.15) is 46.9 Å². The molecule has 23 heavy (non-hydrogen) atoms. The summed E-state index contributed by atoms with van der Waals surface area (Å²) in [4.78, 5) is 35.1. The van der Waals surface area contributed by atoms with E-state index in [2.05, 4.69) is 15.3 Å². The zero-order valence-corrected chi connectivity index (χ0v) is 13.7. The Bertz CT molecular complexity index is 702. The number of rotatable bonds is 4. The number of hydrogen-bond donors (Lipinski definition) is 1. The molecule has 7 heteroatoms. The van der Waals surface area contributed by atoms with Crippen LogP contribution in [0.15, 0.2) is 29.9 Å². The highest BCUT2D eigenvalue weighted by Crippen LogP contribution is 2.32. The van der Waals surface area contributed by atoms with Crippen molar-refractivity contribution in [3.8, 4) is 0 Å². The summed E-state index contributed by atoms with van der Waals surface area (Å²) >= 11 is 1.45. The highest BCUT2D eigenvalue weighted by molar-refractivity contribution is 7.12. The van der Waals surface area contributed by atoms with Crippen LogP contribution in [0.5, 0.6) is 0 Å². The Hall–Kier alpha value is -2.28. The summed E-state index contributed by atoms with van der Waals surface area (Å²) < 4.78 is 0. The molecule has 1 N–H and O–H groups in total. The molecule has 0 spiro atoms. The normalized spacial score (nSPS) is 17.3. The second kappa shape index (κ2) is 6.87. The number of hydrogen-bond acceptors (Lipinski definition) is 5. The van der Waals surface area contributed by atoms with Gasteiger partial charge in [0.1, 0.15) is 0 Å². The van der Waals surface area contributed by atoms with E-state index < -0.39 is 0 Å². The van der Waals surface area contributed by atoms with Crippen LogP contribution >= 0.6 is 11.3 Å². The third-order valence-corrected chi connectivity index (χ3v) is 4.67. The lowest BCUT2D eigenvalue weighted by molar-refractivity contribution is -0.119. The molecule has 0 aliphatic carbocycles. The minimum absolute atomic E-state index is 0.0469. The molecule has 3 rings (SSSR count). The van der Waals surface area contributed by atoms with E-state index in [1.54, 1.807) is 12.4 Å². The van der Waals surface area contributed by atoms with Crippen molar-refractivity contribution in [1.29, 1.82) is 0 Å². The van der Waals surface area contributed by atoms with Crippen LogP contribution in [-0.2, 0) is 11.3 Å². The molecule has 2 aromatic heterocycles. The topological polar surface area (TPSA) is 75.2 Å². The van der Waals surface area contributed by atoms with Crippen LogP contribution in [-0.4, -0.2) is 33.2 Å². The van der Waals surface area contributed by atoms with Crippen LogP contribution in [0.3, 0.4) is 0 Å². The smallest absolute Gasteiger partial charge is 0.264 e. The lowest BCUT2D eigenvalue weighted by Gasteiger charge is -2.23. The zero-order valence-electron chi connectivity index (χ0n) is 12.9. The van der Waals surface area contributed by atoms with Gasteiger partial charge in [0.15, 0.2) is 0 Å². The molecule has 120 valence electrons. The van der Waals surface area contributed by atoms with Gasteiger partial charge in [-0.05, 0) is 24.3 Å². The number of carbonyl (C=O) groups excluding carboxylic acids is 2. The van der Waals surface area contributed by atoms with Gasteiger partial charge in [0, 0.05) is 13.5 Å². The lowest BCUT2D eigenvalue weighted by Crippen LogP contribution is -2.30. The van der Waals surface area contributed by atoms with Crippen LogP contribution < -0.4 is 5.32 Å². The van der Waals surface area contributed by atoms with Crippen LogP contribution in [0, 0.1) is 0 Å². The van der Waals surface area contributed by atoms with E-state index in [9.17, 15) is 9.59 Å². The van der Waals surface area contributed by atoms with Gasteiger partial charge >= 0.3 is 0 Å². The minimum atomic E-state index is -0.104. The third kappa shape index (κ3) is 3.56. The minimum Gasteiger partial charge on any atom is -0.351 e. The van der Waals surface area contributed by atoms with Crippen molar-refractivity contribution >= 4 is 23.2 Å². The molecule has 1 saturated heterocycles. The SMILES string of the molecule is CC(=O)NCc1cncc(C2CCCN2C(=O)c2cccs2)n1. The van der Waals surface area contributed by atoms with Gasteiger partial charge in [-0.2, -0.15) is 0 Å². The van der Waals surface area contributed by atoms with Gasteiger partial charge < -0.3 is 10.2 Å². The molecule has 1 unspecified atom stereocenters. The first kappa shape index (κ1) is 15.6. The second-order valence-electron chi connectivity index (χ2n) is 5.48. The Balaban J connectivity index is 1.78. The highest BCUT2D eigenvalue weighted by Gasteiger charge is 2.32. The van der Waals surface area contributed by atoms with Gasteiger partial charge in [-0.25, -0.2) is 0 Å². The molecule has 0 saturated carbocycles. The number of thiophene rings is 1. The summed E-state index contributed by atoms with van der Waals surface area (Å²) in [5.74, 6) is -0.0517. The fraction of sp³-hybridized carbons (Fsp3) is 0.375. The van der Waals surface area contributed by atoms with Gasteiger partial charge in [0.25, 0.3) is 5.91 Å². The van der Waals surface area contributed by atoms with E-state index in [-0.39, 0.29) is 17.9 Å². The van der Waals surface area contributed by atoms with Crippen molar-refractivity contribution < 1.29 is 9.59 Å². The maximum absolute atomic E-state index is 12.6. The first-order chi connectivity index (χ1) is 11.1. The molecule has 1 aliphatic heterocycles. The number of nitrogens with zero attached hydrogens (tertiary/aromatic N) is 3. The predicted octanol–water partition coefficient (Wildman–Crippen LogP) is 2.15. The standard InChI is InChI=1S/C16H18N4O2S/c1-11(21)18-9-12-8-17-10-13(19-12)14-4-2-6-20(14)16(22)15-5-3-7-23-15/h3,5,7-8,10,14H,2,4,6,9H2,1H3,(H,18,21). The largest absolute Gasteiger partial charge is 0.351 e. The number of nitrogens with one attached hydrogen (secondary N) is 1. The van der Waals surface area contributed by atoms with Crippen LogP contribution in [0.25, 0.3) is 0 Å². The molecule has 0 radical (unpaired) electrons. The quantitative estimate of drug-likeness (QED) is 0.932. The Labute approximate surface area is 138 Å². The summed E-state index contributed by atoms with van der Waals surface area (Å²) in [6.45, 7) is 2.55. The first-order valence-corrected chi connectivity index (χ1v) is 8.43. The van der Waals surface area contributed by atoms with E-state index >= 15 is 0 Å². The van der Waals surface area contributed by atoms with E-state index in [1.807, 2.05) is 22.4 Å². The van der Waals surface area contributed by atoms with Crippen LogP contribution in [0.4, 0.5) is 0 Å². The first-order valence-electron chi connectivity index (χ1n) is 7.55. The summed E-state index contributed by atoms with van der Waals surface area (Å²) in [6.07, 6.45) is 5.19. The Morgan fingerprint density at radius 3 is 3.04 bits per heavy atom. The average Bonchev–Trinajstić information content (AvgIpc) is 3.23. The number of aromatic nitrogens is 2. The third-order valence-electron chi connectivity index (χ3n) is 3.81. The van der Waals surface area contributed by atoms with Crippen molar-refractivity contribution in [2.75, 3.05) is 6.54 Å². The molecule has 6 nitrogen and oxygen atoms in total. The average molecular weight is 330 g/mol. The van der Waals surface area contributed by atoms with Crippen molar-refractivity contribution in [2.45, 2.75) is 32.4 Å². The molecule has 2 aromatic rings. The molecule has 3 heterocycles. The monoisotopic (exact) mass is 330 g/mol. The highest BCUT2D eigenvalue weighted by atomic mass is 32.1.